The number of rotatable bonds is 13. The van der Waals surface area contributed by atoms with E-state index in [2.05, 4.69) is 15.6 Å². The second kappa shape index (κ2) is 14.1. The van der Waals surface area contributed by atoms with E-state index in [1.165, 1.54) is 18.6 Å². The number of aromatic nitrogens is 3. The molecular weight excluding hydrogens is 568 g/mol. The zero-order chi connectivity index (χ0) is 27.7. The number of hydrogen-bond acceptors (Lipinski definition) is 8. The summed E-state index contributed by atoms with van der Waals surface area (Å²) >= 11 is 5.96. The lowest BCUT2D eigenvalue weighted by Crippen LogP contribution is -2.22. The van der Waals surface area contributed by atoms with Crippen LogP contribution in [-0.2, 0) is 17.9 Å². The molecule has 1 saturated heterocycles. The smallest absolute Gasteiger partial charge is 0.344 e. The third-order valence-corrected chi connectivity index (χ3v) is 9.88. The summed E-state index contributed by atoms with van der Waals surface area (Å²) in [5.41, 5.74) is 2.02. The standard InChI is InChI=1S/C29H31ClN4O4S2/c30-22-9-6-20(7-10-22)26-16-21-8-11-24(17-27(21)38-29(26)36)37-14-3-13-34-19-23(32-33-34)18-31-28(35)5-2-1-4-25-12-15-39-40-25/h6-11,16-17,19,25H,1-5,12-15,18H2,(H,31,35). The molecule has 8 nitrogen and oxygen atoms in total. The molecule has 5 rings (SSSR count). The molecule has 2 aromatic heterocycles. The van der Waals surface area contributed by atoms with Gasteiger partial charge < -0.3 is 14.5 Å². The number of carbonyl (C=O) groups is 1. The Morgan fingerprint density at radius 2 is 2.02 bits per heavy atom. The molecule has 1 unspecified atom stereocenters. The maximum atomic E-state index is 12.6. The Bertz CT molecular complexity index is 1490. The van der Waals surface area contributed by atoms with Gasteiger partial charge in [-0.1, -0.05) is 57.0 Å². The summed E-state index contributed by atoms with van der Waals surface area (Å²) in [6.07, 6.45) is 7.63. The Morgan fingerprint density at radius 1 is 1.15 bits per heavy atom. The molecule has 210 valence electrons. The fourth-order valence-corrected chi connectivity index (χ4v) is 7.61. The SMILES string of the molecule is O=C(CCCCC1CCSS1)NCc1cn(CCCOc2ccc3cc(-c4ccc(Cl)cc4)c(=O)oc3c2)nn1. The van der Waals surface area contributed by atoms with Crippen LogP contribution in [0.1, 0.15) is 44.2 Å². The Morgan fingerprint density at radius 3 is 2.85 bits per heavy atom. The van der Waals surface area contributed by atoms with Crippen molar-refractivity contribution in [2.75, 3.05) is 12.4 Å². The van der Waals surface area contributed by atoms with Crippen LogP contribution in [0.4, 0.5) is 0 Å². The number of fused-ring (bicyclic) bond motifs is 1. The van der Waals surface area contributed by atoms with Gasteiger partial charge in [0.05, 0.1) is 24.9 Å². The van der Waals surface area contributed by atoms with E-state index in [0.29, 0.717) is 54.5 Å². The first-order valence-corrected chi connectivity index (χ1v) is 16.2. The summed E-state index contributed by atoms with van der Waals surface area (Å²) in [5, 5.41) is 13.4. The number of halogens is 1. The van der Waals surface area contributed by atoms with Crippen molar-refractivity contribution in [3.63, 3.8) is 0 Å². The number of benzene rings is 2. The fraction of sp³-hybridized carbons (Fsp3) is 0.379. The molecule has 1 amide bonds. The average Bonchev–Trinajstić information content (AvgIpc) is 3.65. The number of ether oxygens (including phenoxy) is 1. The molecule has 1 aliphatic rings. The van der Waals surface area contributed by atoms with Crippen LogP contribution in [0.3, 0.4) is 0 Å². The van der Waals surface area contributed by atoms with Crippen molar-refractivity contribution in [2.24, 2.45) is 0 Å². The quantitative estimate of drug-likeness (QED) is 0.106. The van der Waals surface area contributed by atoms with Crippen molar-refractivity contribution in [3.8, 4) is 16.9 Å². The minimum Gasteiger partial charge on any atom is -0.493 e. The minimum absolute atomic E-state index is 0.0591. The molecule has 40 heavy (non-hydrogen) atoms. The zero-order valence-electron chi connectivity index (χ0n) is 22.0. The van der Waals surface area contributed by atoms with Crippen LogP contribution >= 0.6 is 33.2 Å². The van der Waals surface area contributed by atoms with Crippen LogP contribution in [0, 0.1) is 0 Å². The van der Waals surface area contributed by atoms with Crippen LogP contribution in [0.2, 0.25) is 5.02 Å². The average molecular weight is 599 g/mol. The highest BCUT2D eigenvalue weighted by atomic mass is 35.5. The second-order valence-electron chi connectivity index (χ2n) is 9.68. The number of nitrogens with one attached hydrogen (secondary N) is 1. The third kappa shape index (κ3) is 8.05. The van der Waals surface area contributed by atoms with Gasteiger partial charge in [0.25, 0.3) is 0 Å². The lowest BCUT2D eigenvalue weighted by molar-refractivity contribution is -0.121. The van der Waals surface area contributed by atoms with Gasteiger partial charge in [-0.05, 0) is 55.2 Å². The van der Waals surface area contributed by atoms with Crippen molar-refractivity contribution >= 4 is 50.1 Å². The number of aryl methyl sites for hydroxylation is 1. The van der Waals surface area contributed by atoms with E-state index in [-0.39, 0.29) is 5.91 Å². The normalized spacial score (nSPS) is 15.0. The highest BCUT2D eigenvalue weighted by molar-refractivity contribution is 8.77. The van der Waals surface area contributed by atoms with Crippen LogP contribution in [0.15, 0.2) is 63.9 Å². The van der Waals surface area contributed by atoms with Gasteiger partial charge in [0.1, 0.15) is 17.0 Å². The largest absolute Gasteiger partial charge is 0.493 e. The summed E-state index contributed by atoms with van der Waals surface area (Å²) in [5.74, 6) is 1.93. The second-order valence-corrected chi connectivity index (χ2v) is 12.9. The van der Waals surface area contributed by atoms with E-state index in [1.807, 2.05) is 46.0 Å². The molecule has 0 bridgehead atoms. The van der Waals surface area contributed by atoms with Gasteiger partial charge in [-0.3, -0.25) is 9.48 Å². The molecule has 3 heterocycles. The van der Waals surface area contributed by atoms with Crippen LogP contribution in [0.5, 0.6) is 5.75 Å². The molecule has 1 fully saturated rings. The van der Waals surface area contributed by atoms with E-state index in [4.69, 9.17) is 20.8 Å². The van der Waals surface area contributed by atoms with Gasteiger partial charge in [-0.2, -0.15) is 0 Å². The van der Waals surface area contributed by atoms with Crippen LogP contribution < -0.4 is 15.7 Å². The van der Waals surface area contributed by atoms with Crippen molar-refractivity contribution < 1.29 is 13.9 Å². The zero-order valence-corrected chi connectivity index (χ0v) is 24.4. The van der Waals surface area contributed by atoms with Gasteiger partial charge in [0.2, 0.25) is 5.91 Å². The molecule has 0 radical (unpaired) electrons. The van der Waals surface area contributed by atoms with E-state index < -0.39 is 5.63 Å². The third-order valence-electron chi connectivity index (χ3n) is 6.62. The van der Waals surface area contributed by atoms with Crippen LogP contribution in [-0.4, -0.2) is 38.5 Å². The first-order chi connectivity index (χ1) is 19.5. The monoisotopic (exact) mass is 598 g/mol. The summed E-state index contributed by atoms with van der Waals surface area (Å²) in [6, 6.07) is 14.4. The number of unbranched alkanes of at least 4 members (excludes halogenated alkanes) is 1. The Labute approximate surface area is 245 Å². The first-order valence-electron chi connectivity index (χ1n) is 13.4. The van der Waals surface area contributed by atoms with E-state index in [1.54, 1.807) is 35.0 Å². The van der Waals surface area contributed by atoms with E-state index in [0.717, 1.165) is 34.7 Å². The number of amides is 1. The molecule has 2 aromatic carbocycles. The van der Waals surface area contributed by atoms with Crippen LogP contribution in [0.25, 0.3) is 22.1 Å². The van der Waals surface area contributed by atoms with Crippen molar-refractivity contribution in [1.82, 2.24) is 20.3 Å². The summed E-state index contributed by atoms with van der Waals surface area (Å²) in [6.45, 7) is 1.47. The fourth-order valence-electron chi connectivity index (χ4n) is 4.46. The summed E-state index contributed by atoms with van der Waals surface area (Å²) in [4.78, 5) is 24.7. The molecule has 4 aromatic rings. The molecule has 0 aliphatic carbocycles. The van der Waals surface area contributed by atoms with Gasteiger partial charge in [0.15, 0.2) is 0 Å². The Kier molecular flexibility index (Phi) is 10.1. The first kappa shape index (κ1) is 28.6. The molecule has 11 heteroatoms. The Balaban J connectivity index is 1.03. The highest BCUT2D eigenvalue weighted by Gasteiger charge is 2.16. The van der Waals surface area contributed by atoms with E-state index >= 15 is 0 Å². The van der Waals surface area contributed by atoms with Gasteiger partial charge in [-0.25, -0.2) is 4.79 Å². The lowest BCUT2D eigenvalue weighted by Gasteiger charge is -2.08. The number of carbonyl (C=O) groups excluding carboxylic acids is 1. The predicted molar refractivity (Wildman–Crippen MR) is 162 cm³/mol. The Hall–Kier alpha value is -2.95. The summed E-state index contributed by atoms with van der Waals surface area (Å²) in [7, 11) is 3.95. The number of nitrogens with zero attached hydrogens (tertiary/aromatic N) is 3. The minimum atomic E-state index is -0.414. The molecule has 1 atom stereocenters. The van der Waals surface area contributed by atoms with Crippen molar-refractivity contribution in [1.29, 1.82) is 0 Å². The lowest BCUT2D eigenvalue weighted by atomic mass is 10.1. The van der Waals surface area contributed by atoms with Gasteiger partial charge in [-0.15, -0.1) is 5.10 Å². The molecule has 1 aliphatic heterocycles. The topological polar surface area (TPSA) is 99.2 Å². The molecule has 0 saturated carbocycles. The van der Waals surface area contributed by atoms with Crippen molar-refractivity contribution in [3.05, 3.63) is 75.9 Å². The number of hydrogen-bond donors (Lipinski definition) is 1. The maximum absolute atomic E-state index is 12.6. The summed E-state index contributed by atoms with van der Waals surface area (Å²) < 4.78 is 13.2. The van der Waals surface area contributed by atoms with E-state index in [9.17, 15) is 9.59 Å². The highest BCUT2D eigenvalue weighted by Crippen LogP contribution is 2.39. The van der Waals surface area contributed by atoms with Gasteiger partial charge in [0, 0.05) is 46.9 Å². The van der Waals surface area contributed by atoms with Gasteiger partial charge >= 0.3 is 5.63 Å². The molecule has 0 spiro atoms. The predicted octanol–water partition coefficient (Wildman–Crippen LogP) is 6.50. The molecule has 1 N–H and O–H groups in total. The molecular formula is C29H31ClN4O4S2. The maximum Gasteiger partial charge on any atom is 0.344 e. The van der Waals surface area contributed by atoms with Crippen molar-refractivity contribution in [2.45, 2.75) is 56.9 Å².